The summed E-state index contributed by atoms with van der Waals surface area (Å²) in [6.45, 7) is 0.484. The summed E-state index contributed by atoms with van der Waals surface area (Å²) < 4.78 is 10.7. The monoisotopic (exact) mass is 431 g/mol. The third-order valence-electron chi connectivity index (χ3n) is 5.13. The molecule has 0 saturated carbocycles. The molecule has 0 fully saturated rings. The van der Waals surface area contributed by atoms with E-state index in [1.165, 1.54) is 0 Å². The van der Waals surface area contributed by atoms with Crippen molar-refractivity contribution in [1.29, 1.82) is 0 Å². The molecule has 0 radical (unpaired) electrons. The molecule has 31 heavy (non-hydrogen) atoms. The summed E-state index contributed by atoms with van der Waals surface area (Å²) in [5, 5.41) is 0.657. The lowest BCUT2D eigenvalue weighted by atomic mass is 10.1. The summed E-state index contributed by atoms with van der Waals surface area (Å²) in [5.41, 5.74) is 4.30. The molecule has 0 saturated heterocycles. The van der Waals surface area contributed by atoms with E-state index in [2.05, 4.69) is 0 Å². The Morgan fingerprint density at radius 2 is 1.61 bits per heavy atom. The van der Waals surface area contributed by atoms with Crippen LogP contribution < -0.4 is 9.47 Å². The van der Waals surface area contributed by atoms with Crippen LogP contribution in [0.3, 0.4) is 0 Å². The molecule has 4 nitrogen and oxygen atoms in total. The SMILES string of the molecule is COc1ccc(/C=C2\C=C(c3ccc(Cl)cc3)N(Cc3ccccc3)C2=O)cc1OC. The Bertz CT molecular complexity index is 1150. The normalized spacial score (nSPS) is 14.7. The van der Waals surface area contributed by atoms with E-state index in [1.54, 1.807) is 19.1 Å². The van der Waals surface area contributed by atoms with Crippen LogP contribution in [0, 0.1) is 0 Å². The van der Waals surface area contributed by atoms with E-state index >= 15 is 0 Å². The Morgan fingerprint density at radius 1 is 0.903 bits per heavy atom. The number of carbonyl (C=O) groups is 1. The fraction of sp³-hybridized carbons (Fsp3) is 0.115. The van der Waals surface area contributed by atoms with Gasteiger partial charge in [0.15, 0.2) is 11.5 Å². The lowest BCUT2D eigenvalue weighted by molar-refractivity contribution is -0.123. The molecule has 0 bridgehead atoms. The molecule has 0 unspecified atom stereocenters. The summed E-state index contributed by atoms with van der Waals surface area (Å²) in [4.78, 5) is 15.2. The van der Waals surface area contributed by atoms with Crippen LogP contribution in [0.5, 0.6) is 11.5 Å². The van der Waals surface area contributed by atoms with Gasteiger partial charge in [0.25, 0.3) is 5.91 Å². The van der Waals surface area contributed by atoms with E-state index < -0.39 is 0 Å². The van der Waals surface area contributed by atoms with Gasteiger partial charge in [-0.1, -0.05) is 60.1 Å². The van der Waals surface area contributed by atoms with Crippen molar-refractivity contribution < 1.29 is 14.3 Å². The number of benzene rings is 3. The molecule has 0 atom stereocenters. The molecule has 0 spiro atoms. The summed E-state index contributed by atoms with van der Waals surface area (Å²) in [5.74, 6) is 1.21. The van der Waals surface area contributed by atoms with Gasteiger partial charge in [-0.3, -0.25) is 4.79 Å². The standard InChI is InChI=1S/C26H22ClNO3/c1-30-24-13-8-19(15-25(24)31-2)14-21-16-23(20-9-11-22(27)12-10-20)28(26(21)29)17-18-6-4-3-5-7-18/h3-16H,17H2,1-2H3/b21-14+. The minimum Gasteiger partial charge on any atom is -0.493 e. The number of hydrogen-bond acceptors (Lipinski definition) is 3. The first-order valence-corrected chi connectivity index (χ1v) is 10.2. The first-order chi connectivity index (χ1) is 15.1. The van der Waals surface area contributed by atoms with Gasteiger partial charge in [-0.2, -0.15) is 0 Å². The minimum atomic E-state index is -0.0522. The van der Waals surface area contributed by atoms with E-state index in [1.807, 2.05) is 84.9 Å². The predicted octanol–water partition coefficient (Wildman–Crippen LogP) is 5.82. The number of rotatable bonds is 6. The molecule has 1 heterocycles. The maximum atomic E-state index is 13.4. The first kappa shape index (κ1) is 20.8. The number of halogens is 1. The minimum absolute atomic E-state index is 0.0522. The second-order valence-electron chi connectivity index (χ2n) is 7.13. The predicted molar refractivity (Wildman–Crippen MR) is 124 cm³/mol. The van der Waals surface area contributed by atoms with Crippen molar-refractivity contribution >= 4 is 29.3 Å². The van der Waals surface area contributed by atoms with Gasteiger partial charge in [0, 0.05) is 10.6 Å². The molecular weight excluding hydrogens is 410 g/mol. The average molecular weight is 432 g/mol. The number of amides is 1. The van der Waals surface area contributed by atoms with E-state index in [4.69, 9.17) is 21.1 Å². The molecule has 156 valence electrons. The highest BCUT2D eigenvalue weighted by molar-refractivity contribution is 6.30. The molecule has 1 amide bonds. The van der Waals surface area contributed by atoms with Crippen LogP contribution in [-0.4, -0.2) is 25.0 Å². The van der Waals surface area contributed by atoms with Crippen molar-refractivity contribution in [2.24, 2.45) is 0 Å². The lowest BCUT2D eigenvalue weighted by Crippen LogP contribution is -2.25. The Labute approximate surface area is 187 Å². The Balaban J connectivity index is 1.74. The molecule has 3 aromatic rings. The van der Waals surface area contributed by atoms with Gasteiger partial charge in [-0.15, -0.1) is 0 Å². The summed E-state index contributed by atoms with van der Waals surface area (Å²) >= 11 is 6.07. The van der Waals surface area contributed by atoms with E-state index in [-0.39, 0.29) is 5.91 Å². The Morgan fingerprint density at radius 3 is 2.29 bits per heavy atom. The van der Waals surface area contributed by atoms with Gasteiger partial charge in [0.2, 0.25) is 0 Å². The fourth-order valence-electron chi connectivity index (χ4n) is 3.56. The average Bonchev–Trinajstić information content (AvgIpc) is 3.10. The number of methoxy groups -OCH3 is 2. The molecule has 0 N–H and O–H groups in total. The second-order valence-corrected chi connectivity index (χ2v) is 7.56. The van der Waals surface area contributed by atoms with Crippen molar-refractivity contribution in [2.45, 2.75) is 6.54 Å². The van der Waals surface area contributed by atoms with Gasteiger partial charge >= 0.3 is 0 Å². The van der Waals surface area contributed by atoms with E-state index in [0.29, 0.717) is 28.6 Å². The van der Waals surface area contributed by atoms with Crippen LogP contribution in [0.15, 0.2) is 84.4 Å². The maximum Gasteiger partial charge on any atom is 0.258 e. The smallest absolute Gasteiger partial charge is 0.258 e. The zero-order valence-corrected chi connectivity index (χ0v) is 18.1. The third kappa shape index (κ3) is 4.49. The second kappa shape index (κ2) is 9.11. The quantitative estimate of drug-likeness (QED) is 0.461. The fourth-order valence-corrected chi connectivity index (χ4v) is 3.69. The summed E-state index contributed by atoms with van der Waals surface area (Å²) in [7, 11) is 3.19. The molecular formula is C26H22ClNO3. The third-order valence-corrected chi connectivity index (χ3v) is 5.38. The van der Waals surface area contributed by atoms with Crippen LogP contribution in [0.4, 0.5) is 0 Å². The molecule has 3 aromatic carbocycles. The van der Waals surface area contributed by atoms with Crippen LogP contribution >= 0.6 is 11.6 Å². The van der Waals surface area contributed by atoms with Crippen molar-refractivity contribution in [2.75, 3.05) is 14.2 Å². The van der Waals surface area contributed by atoms with Crippen molar-refractivity contribution in [3.05, 3.63) is 106 Å². The molecule has 0 aromatic heterocycles. The van der Waals surface area contributed by atoms with Crippen LogP contribution in [0.25, 0.3) is 11.8 Å². The van der Waals surface area contributed by atoms with Gasteiger partial charge < -0.3 is 14.4 Å². The van der Waals surface area contributed by atoms with E-state index in [0.717, 1.165) is 22.4 Å². The Hall–Kier alpha value is -3.50. The maximum absolute atomic E-state index is 13.4. The van der Waals surface area contributed by atoms with Crippen molar-refractivity contribution in [3.63, 3.8) is 0 Å². The first-order valence-electron chi connectivity index (χ1n) is 9.86. The highest BCUT2D eigenvalue weighted by atomic mass is 35.5. The topological polar surface area (TPSA) is 38.8 Å². The highest BCUT2D eigenvalue weighted by Gasteiger charge is 2.29. The summed E-state index contributed by atoms with van der Waals surface area (Å²) in [6.07, 6.45) is 3.79. The molecule has 1 aliphatic rings. The molecule has 4 rings (SSSR count). The Kier molecular flexibility index (Phi) is 6.10. The summed E-state index contributed by atoms with van der Waals surface area (Å²) in [6, 6.07) is 23.1. The largest absolute Gasteiger partial charge is 0.493 e. The van der Waals surface area contributed by atoms with Crippen molar-refractivity contribution in [1.82, 2.24) is 4.90 Å². The van der Waals surface area contributed by atoms with Crippen LogP contribution in [0.2, 0.25) is 5.02 Å². The lowest BCUT2D eigenvalue weighted by Gasteiger charge is -2.21. The number of ether oxygens (including phenoxy) is 2. The van der Waals surface area contributed by atoms with Gasteiger partial charge in [-0.25, -0.2) is 0 Å². The van der Waals surface area contributed by atoms with Gasteiger partial charge in [0.05, 0.1) is 26.5 Å². The number of carbonyl (C=O) groups excluding carboxylic acids is 1. The molecule has 5 heteroatoms. The number of nitrogens with zero attached hydrogens (tertiary/aromatic N) is 1. The van der Waals surface area contributed by atoms with Gasteiger partial charge in [0.1, 0.15) is 0 Å². The van der Waals surface area contributed by atoms with Crippen molar-refractivity contribution in [3.8, 4) is 11.5 Å². The van der Waals surface area contributed by atoms with E-state index in [9.17, 15) is 4.79 Å². The molecule has 1 aliphatic heterocycles. The zero-order valence-electron chi connectivity index (χ0n) is 17.3. The highest BCUT2D eigenvalue weighted by Crippen LogP contribution is 2.34. The number of hydrogen-bond donors (Lipinski definition) is 0. The molecule has 0 aliphatic carbocycles. The zero-order chi connectivity index (χ0) is 21.8. The van der Waals surface area contributed by atoms with Crippen LogP contribution in [-0.2, 0) is 11.3 Å². The van der Waals surface area contributed by atoms with Crippen LogP contribution in [0.1, 0.15) is 16.7 Å². The van der Waals surface area contributed by atoms with Gasteiger partial charge in [-0.05, 0) is 53.1 Å².